The van der Waals surface area contributed by atoms with Crippen LogP contribution in [-0.2, 0) is 16.6 Å². The molecule has 0 spiro atoms. The van der Waals surface area contributed by atoms with Gasteiger partial charge < -0.3 is 9.73 Å². The van der Waals surface area contributed by atoms with Crippen LogP contribution in [0.2, 0.25) is 0 Å². The van der Waals surface area contributed by atoms with Crippen LogP contribution in [0.15, 0.2) is 20.0 Å². The highest BCUT2D eigenvalue weighted by molar-refractivity contribution is 9.10. The van der Waals surface area contributed by atoms with Crippen LogP contribution in [0.4, 0.5) is 0 Å². The summed E-state index contributed by atoms with van der Waals surface area (Å²) in [6.45, 7) is 5.03. The first-order chi connectivity index (χ1) is 9.94. The van der Waals surface area contributed by atoms with E-state index < -0.39 is 10.0 Å². The van der Waals surface area contributed by atoms with Crippen LogP contribution in [0.25, 0.3) is 0 Å². The molecular formula is C13H22BrN3O3S. The van der Waals surface area contributed by atoms with E-state index in [0.717, 1.165) is 13.1 Å². The largest absolute Gasteiger partial charge is 0.452 e. The number of nitrogens with one attached hydrogen (secondary N) is 2. The molecule has 6 nitrogen and oxygen atoms in total. The van der Waals surface area contributed by atoms with Crippen LogP contribution < -0.4 is 10.0 Å². The third kappa shape index (κ3) is 4.29. The Hall–Kier alpha value is -0.410. The van der Waals surface area contributed by atoms with Crippen LogP contribution in [0, 0.1) is 0 Å². The second-order valence-corrected chi connectivity index (χ2v) is 7.78. The maximum absolute atomic E-state index is 12.3. The van der Waals surface area contributed by atoms with Crippen molar-refractivity contribution in [3.05, 3.63) is 16.5 Å². The molecular weight excluding hydrogens is 358 g/mol. The van der Waals surface area contributed by atoms with Crippen molar-refractivity contribution in [1.82, 2.24) is 14.9 Å². The first-order valence-corrected chi connectivity index (χ1v) is 9.38. The molecule has 1 aromatic heterocycles. The molecule has 1 fully saturated rings. The van der Waals surface area contributed by atoms with Gasteiger partial charge in [-0.1, -0.05) is 0 Å². The monoisotopic (exact) mass is 379 g/mol. The van der Waals surface area contributed by atoms with Gasteiger partial charge in [-0.2, -0.15) is 0 Å². The molecule has 1 atom stereocenters. The van der Waals surface area contributed by atoms with E-state index in [0.29, 0.717) is 18.8 Å². The predicted octanol–water partition coefficient (Wildman–Crippen LogP) is 1.52. The van der Waals surface area contributed by atoms with Gasteiger partial charge in [0.25, 0.3) is 0 Å². The van der Waals surface area contributed by atoms with Gasteiger partial charge in [0, 0.05) is 18.7 Å². The standard InChI is InChI=1S/C13H22BrN3O3S/c1-10(17-5-3-4-6-17)8-16-21(18,19)12-7-11(9-15-2)20-13(12)14/h7,10,15-16H,3-6,8-9H2,1-2H3. The average molecular weight is 380 g/mol. The number of halogens is 1. The molecule has 0 radical (unpaired) electrons. The summed E-state index contributed by atoms with van der Waals surface area (Å²) in [5.41, 5.74) is 0. The van der Waals surface area contributed by atoms with Gasteiger partial charge in [-0.15, -0.1) is 0 Å². The van der Waals surface area contributed by atoms with Crippen LogP contribution in [0.5, 0.6) is 0 Å². The third-order valence-electron chi connectivity index (χ3n) is 3.68. The van der Waals surface area contributed by atoms with Gasteiger partial charge in [0.05, 0.1) is 6.54 Å². The zero-order valence-corrected chi connectivity index (χ0v) is 14.8. The normalized spacial score (nSPS) is 18.2. The number of hydrogen-bond acceptors (Lipinski definition) is 5. The molecule has 120 valence electrons. The van der Waals surface area contributed by atoms with E-state index in [9.17, 15) is 8.42 Å². The van der Waals surface area contributed by atoms with E-state index in [4.69, 9.17) is 4.42 Å². The topological polar surface area (TPSA) is 74.6 Å². The van der Waals surface area contributed by atoms with Crippen molar-refractivity contribution in [3.8, 4) is 0 Å². The van der Waals surface area contributed by atoms with E-state index in [2.05, 4.69) is 30.9 Å². The minimum absolute atomic E-state index is 0.154. The molecule has 0 saturated carbocycles. The average Bonchev–Trinajstić information content (AvgIpc) is 3.06. The zero-order chi connectivity index (χ0) is 15.5. The van der Waals surface area contributed by atoms with Crippen LogP contribution >= 0.6 is 15.9 Å². The summed E-state index contributed by atoms with van der Waals surface area (Å²) in [7, 11) is -1.78. The van der Waals surface area contributed by atoms with Crippen molar-refractivity contribution in [2.45, 2.75) is 37.2 Å². The predicted molar refractivity (Wildman–Crippen MR) is 84.6 cm³/mol. The smallest absolute Gasteiger partial charge is 0.245 e. The summed E-state index contributed by atoms with van der Waals surface area (Å²) in [5.74, 6) is 0.581. The Kier molecular flexibility index (Phi) is 5.84. The Morgan fingerprint density at radius 3 is 2.71 bits per heavy atom. The molecule has 0 bridgehead atoms. The SMILES string of the molecule is CNCc1cc(S(=O)(=O)NCC(C)N2CCCC2)c(Br)o1. The molecule has 1 unspecified atom stereocenters. The lowest BCUT2D eigenvalue weighted by molar-refractivity contribution is 0.260. The van der Waals surface area contributed by atoms with Crippen LogP contribution in [-0.4, -0.2) is 46.0 Å². The molecule has 2 rings (SSSR count). The number of likely N-dealkylation sites (tertiary alicyclic amines) is 1. The lowest BCUT2D eigenvalue weighted by Gasteiger charge is -2.23. The van der Waals surface area contributed by atoms with Gasteiger partial charge in [-0.3, -0.25) is 4.90 Å². The van der Waals surface area contributed by atoms with Gasteiger partial charge in [0.1, 0.15) is 10.7 Å². The molecule has 1 aromatic rings. The highest BCUT2D eigenvalue weighted by Gasteiger charge is 2.24. The summed E-state index contributed by atoms with van der Waals surface area (Å²) in [4.78, 5) is 2.46. The summed E-state index contributed by atoms with van der Waals surface area (Å²) >= 11 is 3.17. The number of sulfonamides is 1. The van der Waals surface area contributed by atoms with E-state index in [1.54, 1.807) is 13.1 Å². The Balaban J connectivity index is 2.00. The Labute approximate surface area is 134 Å². The third-order valence-corrected chi connectivity index (χ3v) is 5.96. The quantitative estimate of drug-likeness (QED) is 0.751. The van der Waals surface area contributed by atoms with Gasteiger partial charge in [0.15, 0.2) is 4.67 Å². The van der Waals surface area contributed by atoms with Crippen molar-refractivity contribution >= 4 is 26.0 Å². The molecule has 8 heteroatoms. The van der Waals surface area contributed by atoms with Gasteiger partial charge in [-0.25, -0.2) is 13.1 Å². The number of hydrogen-bond donors (Lipinski definition) is 2. The van der Waals surface area contributed by atoms with Crippen molar-refractivity contribution in [2.24, 2.45) is 0 Å². The first-order valence-electron chi connectivity index (χ1n) is 7.10. The van der Waals surface area contributed by atoms with Gasteiger partial charge in [0.2, 0.25) is 10.0 Å². The fourth-order valence-corrected chi connectivity index (χ4v) is 4.58. The lowest BCUT2D eigenvalue weighted by atomic mass is 10.3. The Morgan fingerprint density at radius 2 is 2.10 bits per heavy atom. The number of rotatable bonds is 7. The molecule has 0 aromatic carbocycles. The maximum Gasteiger partial charge on any atom is 0.245 e. The van der Waals surface area contributed by atoms with Crippen molar-refractivity contribution in [3.63, 3.8) is 0 Å². The second kappa shape index (κ2) is 7.23. The molecule has 1 saturated heterocycles. The highest BCUT2D eigenvalue weighted by atomic mass is 79.9. The number of nitrogens with zero attached hydrogens (tertiary/aromatic N) is 1. The molecule has 1 aliphatic heterocycles. The van der Waals surface area contributed by atoms with Crippen LogP contribution in [0.1, 0.15) is 25.5 Å². The van der Waals surface area contributed by atoms with E-state index >= 15 is 0 Å². The number of furan rings is 1. The van der Waals surface area contributed by atoms with E-state index in [1.807, 2.05) is 6.92 Å². The zero-order valence-electron chi connectivity index (χ0n) is 12.4. The van der Waals surface area contributed by atoms with Gasteiger partial charge >= 0.3 is 0 Å². The van der Waals surface area contributed by atoms with E-state index in [1.165, 1.54) is 12.8 Å². The molecule has 1 aliphatic rings. The van der Waals surface area contributed by atoms with E-state index in [-0.39, 0.29) is 15.6 Å². The van der Waals surface area contributed by atoms with Crippen molar-refractivity contribution in [1.29, 1.82) is 0 Å². The van der Waals surface area contributed by atoms with Crippen molar-refractivity contribution in [2.75, 3.05) is 26.7 Å². The molecule has 2 heterocycles. The molecule has 2 N–H and O–H groups in total. The minimum Gasteiger partial charge on any atom is -0.452 e. The van der Waals surface area contributed by atoms with Gasteiger partial charge in [-0.05, 0) is 55.8 Å². The lowest BCUT2D eigenvalue weighted by Crippen LogP contribution is -2.40. The Bertz CT molecular complexity index is 567. The molecule has 0 aliphatic carbocycles. The van der Waals surface area contributed by atoms with Crippen molar-refractivity contribution < 1.29 is 12.8 Å². The summed E-state index contributed by atoms with van der Waals surface area (Å²) in [6.07, 6.45) is 2.38. The molecule has 0 amide bonds. The molecule has 21 heavy (non-hydrogen) atoms. The second-order valence-electron chi connectivity index (χ2n) is 5.32. The van der Waals surface area contributed by atoms with Crippen LogP contribution in [0.3, 0.4) is 0 Å². The first kappa shape index (κ1) is 17.0. The summed E-state index contributed by atoms with van der Waals surface area (Å²) < 4.78 is 33.0. The Morgan fingerprint density at radius 1 is 1.43 bits per heavy atom. The summed E-state index contributed by atoms with van der Waals surface area (Å²) in [5, 5.41) is 2.93. The fraction of sp³-hybridized carbons (Fsp3) is 0.692. The highest BCUT2D eigenvalue weighted by Crippen LogP contribution is 2.26. The maximum atomic E-state index is 12.3. The summed E-state index contributed by atoms with van der Waals surface area (Å²) in [6, 6.07) is 1.74. The minimum atomic E-state index is -3.56. The fourth-order valence-electron chi connectivity index (χ4n) is 2.46.